The van der Waals surface area contributed by atoms with Crippen molar-refractivity contribution in [3.8, 4) is 0 Å². The van der Waals surface area contributed by atoms with Gasteiger partial charge in [0.15, 0.2) is 0 Å². The summed E-state index contributed by atoms with van der Waals surface area (Å²) in [7, 11) is 0. The number of hydrogen-bond acceptors (Lipinski definition) is 2. The van der Waals surface area contributed by atoms with Crippen molar-refractivity contribution in [1.29, 1.82) is 0 Å². The summed E-state index contributed by atoms with van der Waals surface area (Å²) >= 11 is 0. The average molecular weight is 371 g/mol. The Kier molecular flexibility index (Phi) is 3.25. The monoisotopic (exact) mass is 371 g/mol. The van der Waals surface area contributed by atoms with Gasteiger partial charge in [-0.15, -0.1) is 0 Å². The minimum absolute atomic E-state index is 0.187. The molecule has 0 spiro atoms. The van der Waals surface area contributed by atoms with E-state index in [0.29, 0.717) is 0 Å². The van der Waals surface area contributed by atoms with Crippen LogP contribution < -0.4 is 15.9 Å². The Labute approximate surface area is 161 Å². The summed E-state index contributed by atoms with van der Waals surface area (Å²) < 4.78 is 2.27. The number of aryl methyl sites for hydroxylation is 2. The highest BCUT2D eigenvalue weighted by atomic mass is 16.2. The lowest BCUT2D eigenvalue weighted by molar-refractivity contribution is -0.125. The summed E-state index contributed by atoms with van der Waals surface area (Å²) in [5.74, 6) is -1.35. The predicted molar refractivity (Wildman–Crippen MR) is 107 cm³/mol. The summed E-state index contributed by atoms with van der Waals surface area (Å²) in [4.78, 5) is 29.1. The zero-order valence-electron chi connectivity index (χ0n) is 15.5. The molecule has 4 heterocycles. The average Bonchev–Trinajstić information content (AvgIpc) is 3.37. The van der Waals surface area contributed by atoms with E-state index in [0.717, 1.165) is 59.3 Å². The number of fused-ring (bicyclic) bond motifs is 1. The van der Waals surface area contributed by atoms with Crippen LogP contribution in [0.2, 0.25) is 0 Å². The van der Waals surface area contributed by atoms with Crippen LogP contribution >= 0.6 is 0 Å². The predicted octanol–water partition coefficient (Wildman–Crippen LogP) is 1.79. The maximum atomic E-state index is 12.9. The third-order valence-electron chi connectivity index (χ3n) is 6.52. The van der Waals surface area contributed by atoms with Crippen LogP contribution in [-0.4, -0.2) is 21.4 Å². The number of aromatic amines is 1. The fourth-order valence-corrected chi connectivity index (χ4v) is 5.33. The number of amides is 2. The molecule has 6 rings (SSSR count). The van der Waals surface area contributed by atoms with Crippen molar-refractivity contribution in [3.05, 3.63) is 57.9 Å². The third kappa shape index (κ3) is 2.07. The Morgan fingerprint density at radius 3 is 2.71 bits per heavy atom. The Morgan fingerprint density at radius 2 is 1.82 bits per heavy atom. The SMILES string of the molecule is O=C1NC(=O)C(c2cn3c4c(cccc24)CCC3)C1c1c[nH]c2c1=CCCC=2. The van der Waals surface area contributed by atoms with E-state index in [4.69, 9.17) is 0 Å². The van der Waals surface area contributed by atoms with E-state index in [2.05, 4.69) is 51.4 Å². The number of carbonyl (C=O) groups is 2. The molecule has 1 aliphatic carbocycles. The van der Waals surface area contributed by atoms with E-state index in [-0.39, 0.29) is 11.8 Å². The molecule has 2 aromatic heterocycles. The highest BCUT2D eigenvalue weighted by Crippen LogP contribution is 2.41. The second-order valence-corrected chi connectivity index (χ2v) is 8.06. The van der Waals surface area contributed by atoms with Crippen LogP contribution in [-0.2, 0) is 22.6 Å². The summed E-state index contributed by atoms with van der Waals surface area (Å²) in [6, 6.07) is 6.34. The molecule has 5 heteroatoms. The van der Waals surface area contributed by atoms with E-state index in [1.807, 2.05) is 6.20 Å². The second kappa shape index (κ2) is 5.71. The fraction of sp³-hybridized carbons (Fsp3) is 0.304. The van der Waals surface area contributed by atoms with Crippen molar-refractivity contribution in [2.24, 2.45) is 0 Å². The van der Waals surface area contributed by atoms with Crippen LogP contribution in [0.25, 0.3) is 23.1 Å². The molecule has 28 heavy (non-hydrogen) atoms. The number of imide groups is 1. The normalized spacial score (nSPS) is 23.3. The standard InChI is InChI=1S/C23H21N3O2/c27-22-19(16-11-24-18-9-2-1-7-14(16)18)20(23(28)25-22)17-12-26-10-4-6-13-5-3-8-15(17)21(13)26/h3,5,7-9,11-12,19-20,24H,1-2,4,6,10H2,(H,25,27,28). The minimum atomic E-state index is -0.487. The smallest absolute Gasteiger partial charge is 0.235 e. The lowest BCUT2D eigenvalue weighted by Gasteiger charge is -2.15. The van der Waals surface area contributed by atoms with E-state index in [1.165, 1.54) is 11.1 Å². The van der Waals surface area contributed by atoms with E-state index in [9.17, 15) is 9.59 Å². The van der Waals surface area contributed by atoms with Crippen LogP contribution in [0.1, 0.15) is 47.8 Å². The van der Waals surface area contributed by atoms with Crippen LogP contribution in [0.4, 0.5) is 0 Å². The lowest BCUT2D eigenvalue weighted by atomic mass is 9.83. The Bertz CT molecular complexity index is 1280. The van der Waals surface area contributed by atoms with Gasteiger partial charge in [-0.05, 0) is 47.6 Å². The van der Waals surface area contributed by atoms with E-state index >= 15 is 0 Å². The van der Waals surface area contributed by atoms with Crippen LogP contribution in [0.3, 0.4) is 0 Å². The number of benzene rings is 1. The first kappa shape index (κ1) is 15.9. The number of rotatable bonds is 2. The van der Waals surface area contributed by atoms with Crippen molar-refractivity contribution in [1.82, 2.24) is 14.9 Å². The zero-order chi connectivity index (χ0) is 18.8. The van der Waals surface area contributed by atoms with Crippen LogP contribution in [0.5, 0.6) is 0 Å². The molecule has 1 fully saturated rings. The highest BCUT2D eigenvalue weighted by Gasteiger charge is 2.45. The molecule has 5 nitrogen and oxygen atoms in total. The molecule has 1 aromatic carbocycles. The lowest BCUT2D eigenvalue weighted by Crippen LogP contribution is -2.30. The van der Waals surface area contributed by atoms with Crippen molar-refractivity contribution in [3.63, 3.8) is 0 Å². The van der Waals surface area contributed by atoms with Gasteiger partial charge in [-0.2, -0.15) is 0 Å². The van der Waals surface area contributed by atoms with Gasteiger partial charge in [-0.3, -0.25) is 14.9 Å². The molecular weight excluding hydrogens is 350 g/mol. The van der Waals surface area contributed by atoms with Gasteiger partial charge in [0.25, 0.3) is 0 Å². The molecule has 2 amide bonds. The van der Waals surface area contributed by atoms with Gasteiger partial charge in [-0.1, -0.05) is 30.4 Å². The summed E-state index contributed by atoms with van der Waals surface area (Å²) in [5.41, 5.74) is 4.47. The maximum Gasteiger partial charge on any atom is 0.235 e. The Balaban J connectivity index is 1.58. The number of aromatic nitrogens is 2. The molecule has 2 unspecified atom stereocenters. The molecule has 2 aliphatic heterocycles. The van der Waals surface area contributed by atoms with E-state index in [1.54, 1.807) is 0 Å². The molecular formula is C23H21N3O2. The topological polar surface area (TPSA) is 66.9 Å². The largest absolute Gasteiger partial charge is 0.361 e. The van der Waals surface area contributed by atoms with Gasteiger partial charge >= 0.3 is 0 Å². The number of hydrogen-bond donors (Lipinski definition) is 2. The number of carbonyl (C=O) groups excluding carboxylic acids is 2. The molecule has 140 valence electrons. The van der Waals surface area contributed by atoms with Crippen molar-refractivity contribution in [2.75, 3.05) is 0 Å². The third-order valence-corrected chi connectivity index (χ3v) is 6.52. The zero-order valence-corrected chi connectivity index (χ0v) is 15.5. The highest BCUT2D eigenvalue weighted by molar-refractivity contribution is 6.12. The Hall–Kier alpha value is -3.08. The van der Waals surface area contributed by atoms with Gasteiger partial charge in [-0.25, -0.2) is 0 Å². The van der Waals surface area contributed by atoms with Crippen molar-refractivity contribution < 1.29 is 9.59 Å². The van der Waals surface area contributed by atoms with Gasteiger partial charge < -0.3 is 9.55 Å². The van der Waals surface area contributed by atoms with Gasteiger partial charge in [0, 0.05) is 29.7 Å². The second-order valence-electron chi connectivity index (χ2n) is 8.06. The van der Waals surface area contributed by atoms with Gasteiger partial charge in [0.05, 0.1) is 17.4 Å². The molecule has 0 radical (unpaired) electrons. The van der Waals surface area contributed by atoms with Crippen LogP contribution in [0.15, 0.2) is 30.6 Å². The Morgan fingerprint density at radius 1 is 1.00 bits per heavy atom. The van der Waals surface area contributed by atoms with Gasteiger partial charge in [0.2, 0.25) is 11.8 Å². The van der Waals surface area contributed by atoms with Crippen molar-refractivity contribution in [2.45, 2.75) is 44.1 Å². The molecule has 3 aromatic rings. The van der Waals surface area contributed by atoms with E-state index < -0.39 is 11.8 Å². The summed E-state index contributed by atoms with van der Waals surface area (Å²) in [5, 5.41) is 5.86. The number of nitrogens with zero attached hydrogens (tertiary/aromatic N) is 1. The van der Waals surface area contributed by atoms with Crippen molar-refractivity contribution >= 4 is 34.9 Å². The van der Waals surface area contributed by atoms with Gasteiger partial charge in [0.1, 0.15) is 0 Å². The first-order valence-corrected chi connectivity index (χ1v) is 10.1. The molecule has 0 bridgehead atoms. The molecule has 2 N–H and O–H groups in total. The quantitative estimate of drug-likeness (QED) is 0.675. The molecule has 0 saturated carbocycles. The molecule has 3 aliphatic rings. The maximum absolute atomic E-state index is 12.9. The first-order valence-electron chi connectivity index (χ1n) is 10.1. The fourth-order valence-electron chi connectivity index (χ4n) is 5.33. The number of para-hydroxylation sites is 1. The number of nitrogens with one attached hydrogen (secondary N) is 2. The number of H-pyrrole nitrogens is 1. The minimum Gasteiger partial charge on any atom is -0.361 e. The molecule has 1 saturated heterocycles. The summed E-state index contributed by atoms with van der Waals surface area (Å²) in [6.07, 6.45) is 12.5. The summed E-state index contributed by atoms with van der Waals surface area (Å²) in [6.45, 7) is 0.961. The first-order chi connectivity index (χ1) is 13.7. The molecule has 2 atom stereocenters. The van der Waals surface area contributed by atoms with Crippen LogP contribution in [0, 0.1) is 0 Å².